The SMILES string of the molecule is CCCCc1cc(C(=O)OCCCl)ccc1-c1ccccc1. The van der Waals surface area contributed by atoms with E-state index in [9.17, 15) is 4.79 Å². The Kier molecular flexibility index (Phi) is 6.47. The van der Waals surface area contributed by atoms with Gasteiger partial charge in [0.25, 0.3) is 0 Å². The number of carbonyl (C=O) groups excluding carboxylic acids is 1. The number of hydrogen-bond donors (Lipinski definition) is 0. The van der Waals surface area contributed by atoms with E-state index in [1.807, 2.05) is 36.4 Å². The van der Waals surface area contributed by atoms with Gasteiger partial charge in [-0.05, 0) is 41.7 Å². The van der Waals surface area contributed by atoms with Crippen molar-refractivity contribution in [3.8, 4) is 11.1 Å². The zero-order valence-corrected chi connectivity index (χ0v) is 13.6. The lowest BCUT2D eigenvalue weighted by Crippen LogP contribution is -2.08. The van der Waals surface area contributed by atoms with Crippen LogP contribution in [0.25, 0.3) is 11.1 Å². The van der Waals surface area contributed by atoms with Gasteiger partial charge in [0.1, 0.15) is 6.61 Å². The first-order chi connectivity index (χ1) is 10.8. The largest absolute Gasteiger partial charge is 0.461 e. The van der Waals surface area contributed by atoms with Crippen LogP contribution in [0.1, 0.15) is 35.7 Å². The van der Waals surface area contributed by atoms with Gasteiger partial charge in [-0.3, -0.25) is 0 Å². The van der Waals surface area contributed by atoms with Gasteiger partial charge in [0.05, 0.1) is 11.4 Å². The maximum Gasteiger partial charge on any atom is 0.338 e. The Hall–Kier alpha value is -1.80. The molecule has 0 aliphatic carbocycles. The maximum atomic E-state index is 12.0. The molecule has 0 radical (unpaired) electrons. The summed E-state index contributed by atoms with van der Waals surface area (Å²) in [5.41, 5.74) is 4.14. The number of aryl methyl sites for hydroxylation is 1. The lowest BCUT2D eigenvalue weighted by atomic mass is 9.94. The Morgan fingerprint density at radius 2 is 1.91 bits per heavy atom. The zero-order valence-electron chi connectivity index (χ0n) is 12.8. The van der Waals surface area contributed by atoms with Crippen molar-refractivity contribution < 1.29 is 9.53 Å². The summed E-state index contributed by atoms with van der Waals surface area (Å²) in [5, 5.41) is 0. The Labute approximate surface area is 137 Å². The smallest absolute Gasteiger partial charge is 0.338 e. The molecule has 2 aromatic rings. The second kappa shape index (κ2) is 8.60. The molecule has 2 rings (SSSR count). The fraction of sp³-hybridized carbons (Fsp3) is 0.316. The van der Waals surface area contributed by atoms with Crippen LogP contribution in [0.3, 0.4) is 0 Å². The molecule has 0 aliphatic heterocycles. The van der Waals surface area contributed by atoms with Crippen molar-refractivity contribution in [3.05, 3.63) is 59.7 Å². The molecule has 0 saturated heterocycles. The molecule has 0 N–H and O–H groups in total. The van der Waals surface area contributed by atoms with Crippen LogP contribution in [0.5, 0.6) is 0 Å². The van der Waals surface area contributed by atoms with E-state index < -0.39 is 0 Å². The summed E-state index contributed by atoms with van der Waals surface area (Å²) in [6, 6.07) is 16.0. The Morgan fingerprint density at radius 1 is 1.14 bits per heavy atom. The number of rotatable bonds is 7. The van der Waals surface area contributed by atoms with Crippen molar-refractivity contribution in [3.63, 3.8) is 0 Å². The number of esters is 1. The molecule has 0 atom stereocenters. The molecular weight excluding hydrogens is 296 g/mol. The molecule has 0 spiro atoms. The minimum atomic E-state index is -0.307. The highest BCUT2D eigenvalue weighted by molar-refractivity contribution is 6.18. The molecule has 3 heteroatoms. The van der Waals surface area contributed by atoms with Crippen molar-refractivity contribution in [2.24, 2.45) is 0 Å². The molecule has 0 aromatic heterocycles. The molecule has 116 valence electrons. The fourth-order valence-corrected chi connectivity index (χ4v) is 2.49. The van der Waals surface area contributed by atoms with E-state index in [1.54, 1.807) is 0 Å². The first-order valence-corrected chi connectivity index (χ1v) is 8.21. The van der Waals surface area contributed by atoms with Crippen molar-refractivity contribution in [1.82, 2.24) is 0 Å². The van der Waals surface area contributed by atoms with E-state index in [4.69, 9.17) is 16.3 Å². The number of ether oxygens (including phenoxy) is 1. The highest BCUT2D eigenvalue weighted by Gasteiger charge is 2.11. The standard InChI is InChI=1S/C19H21ClO2/c1-2-3-7-16-14-17(19(21)22-13-12-20)10-11-18(16)15-8-5-4-6-9-15/h4-6,8-11,14H,2-3,7,12-13H2,1H3. The van der Waals surface area contributed by atoms with Gasteiger partial charge in [-0.2, -0.15) is 0 Å². The third kappa shape index (κ3) is 4.35. The van der Waals surface area contributed by atoms with E-state index >= 15 is 0 Å². The van der Waals surface area contributed by atoms with Gasteiger partial charge in [-0.1, -0.05) is 49.7 Å². The van der Waals surface area contributed by atoms with Crippen LogP contribution in [-0.4, -0.2) is 18.5 Å². The first-order valence-electron chi connectivity index (χ1n) is 7.67. The Morgan fingerprint density at radius 3 is 2.59 bits per heavy atom. The number of alkyl halides is 1. The predicted molar refractivity (Wildman–Crippen MR) is 91.5 cm³/mol. The van der Waals surface area contributed by atoms with Crippen LogP contribution in [0.2, 0.25) is 0 Å². The average molecular weight is 317 g/mol. The third-order valence-electron chi connectivity index (χ3n) is 3.54. The Bertz CT molecular complexity index is 608. The molecular formula is C19H21ClO2. The summed E-state index contributed by atoms with van der Waals surface area (Å²) in [4.78, 5) is 12.0. The summed E-state index contributed by atoms with van der Waals surface area (Å²) in [6.45, 7) is 2.41. The summed E-state index contributed by atoms with van der Waals surface area (Å²) in [6.07, 6.45) is 3.17. The quantitative estimate of drug-likeness (QED) is 0.525. The number of benzene rings is 2. The van der Waals surface area contributed by atoms with Crippen LogP contribution in [0.4, 0.5) is 0 Å². The lowest BCUT2D eigenvalue weighted by Gasteiger charge is -2.12. The van der Waals surface area contributed by atoms with Gasteiger partial charge in [0.15, 0.2) is 0 Å². The number of unbranched alkanes of at least 4 members (excludes halogenated alkanes) is 1. The van der Waals surface area contributed by atoms with E-state index in [0.717, 1.165) is 19.3 Å². The van der Waals surface area contributed by atoms with Crippen molar-refractivity contribution in [1.29, 1.82) is 0 Å². The molecule has 2 aromatic carbocycles. The predicted octanol–water partition coefficient (Wildman–Crippen LogP) is 5.09. The average Bonchev–Trinajstić information content (AvgIpc) is 2.58. The van der Waals surface area contributed by atoms with Crippen LogP contribution >= 0.6 is 11.6 Å². The summed E-state index contributed by atoms with van der Waals surface area (Å²) in [7, 11) is 0. The van der Waals surface area contributed by atoms with E-state index in [2.05, 4.69) is 19.1 Å². The van der Waals surface area contributed by atoms with Gasteiger partial charge in [-0.25, -0.2) is 4.79 Å². The molecule has 0 fully saturated rings. The van der Waals surface area contributed by atoms with Crippen LogP contribution in [-0.2, 0) is 11.2 Å². The van der Waals surface area contributed by atoms with Gasteiger partial charge in [0.2, 0.25) is 0 Å². The first kappa shape index (κ1) is 16.6. The van der Waals surface area contributed by atoms with E-state index in [-0.39, 0.29) is 12.6 Å². The monoisotopic (exact) mass is 316 g/mol. The molecule has 0 saturated carbocycles. The minimum absolute atomic E-state index is 0.241. The van der Waals surface area contributed by atoms with Gasteiger partial charge < -0.3 is 4.74 Å². The van der Waals surface area contributed by atoms with Gasteiger partial charge in [0, 0.05) is 0 Å². The summed E-state index contributed by atoms with van der Waals surface area (Å²) in [5.74, 6) is 0.00860. The minimum Gasteiger partial charge on any atom is -0.461 e. The second-order valence-corrected chi connectivity index (χ2v) is 5.54. The Balaban J connectivity index is 2.32. The highest BCUT2D eigenvalue weighted by atomic mass is 35.5. The maximum absolute atomic E-state index is 12.0. The van der Waals surface area contributed by atoms with Gasteiger partial charge >= 0.3 is 5.97 Å². The molecule has 0 aliphatic rings. The lowest BCUT2D eigenvalue weighted by molar-refractivity contribution is 0.0529. The summed E-state index contributed by atoms with van der Waals surface area (Å²) < 4.78 is 5.11. The number of hydrogen-bond acceptors (Lipinski definition) is 2. The molecule has 0 unspecified atom stereocenters. The van der Waals surface area contributed by atoms with Gasteiger partial charge in [-0.15, -0.1) is 11.6 Å². The normalized spacial score (nSPS) is 10.5. The molecule has 0 heterocycles. The molecule has 0 bridgehead atoms. The number of halogens is 1. The van der Waals surface area contributed by atoms with Crippen LogP contribution in [0.15, 0.2) is 48.5 Å². The van der Waals surface area contributed by atoms with Crippen molar-refractivity contribution in [2.75, 3.05) is 12.5 Å². The fourth-order valence-electron chi connectivity index (χ4n) is 2.41. The molecule has 0 amide bonds. The van der Waals surface area contributed by atoms with E-state index in [0.29, 0.717) is 11.4 Å². The van der Waals surface area contributed by atoms with Crippen LogP contribution in [0, 0.1) is 0 Å². The summed E-state index contributed by atoms with van der Waals surface area (Å²) >= 11 is 5.56. The van der Waals surface area contributed by atoms with E-state index in [1.165, 1.54) is 16.7 Å². The second-order valence-electron chi connectivity index (χ2n) is 5.17. The van der Waals surface area contributed by atoms with Crippen LogP contribution < -0.4 is 0 Å². The molecule has 2 nitrogen and oxygen atoms in total. The highest BCUT2D eigenvalue weighted by Crippen LogP contribution is 2.26. The molecule has 22 heavy (non-hydrogen) atoms. The van der Waals surface area contributed by atoms with Crippen molar-refractivity contribution >= 4 is 17.6 Å². The third-order valence-corrected chi connectivity index (χ3v) is 3.69. The number of carbonyl (C=O) groups is 1. The van der Waals surface area contributed by atoms with Crippen molar-refractivity contribution in [2.45, 2.75) is 26.2 Å². The zero-order chi connectivity index (χ0) is 15.8. The topological polar surface area (TPSA) is 26.3 Å².